The Balaban J connectivity index is 1.69. The molecule has 4 nitrogen and oxygen atoms in total. The summed E-state index contributed by atoms with van der Waals surface area (Å²) in [4.78, 5) is 4.21. The Kier molecular flexibility index (Phi) is 3.99. The minimum atomic E-state index is 0.712. The number of nitrogen functional groups attached to an aromatic ring is 1. The minimum absolute atomic E-state index is 0.712. The van der Waals surface area contributed by atoms with Gasteiger partial charge in [0.2, 0.25) is 0 Å². The van der Waals surface area contributed by atoms with Crippen LogP contribution in [0.25, 0.3) is 0 Å². The average Bonchev–Trinajstić information content (AvgIpc) is 2.33. The summed E-state index contributed by atoms with van der Waals surface area (Å²) in [7, 11) is 0. The molecular weight excluding hydrogens is 200 g/mol. The first-order chi connectivity index (χ1) is 7.84. The van der Waals surface area contributed by atoms with E-state index in [9.17, 15) is 0 Å². The average molecular weight is 220 g/mol. The van der Waals surface area contributed by atoms with Gasteiger partial charge < -0.3 is 16.4 Å². The van der Waals surface area contributed by atoms with Crippen LogP contribution in [0, 0.1) is 5.92 Å². The second kappa shape index (κ2) is 5.70. The zero-order chi connectivity index (χ0) is 11.2. The van der Waals surface area contributed by atoms with Gasteiger partial charge >= 0.3 is 0 Å². The van der Waals surface area contributed by atoms with Crippen LogP contribution in [0.15, 0.2) is 18.3 Å². The third kappa shape index (κ3) is 3.38. The molecule has 1 fully saturated rings. The Labute approximate surface area is 96.6 Å². The Morgan fingerprint density at radius 3 is 2.88 bits per heavy atom. The van der Waals surface area contributed by atoms with Crippen LogP contribution >= 0.6 is 0 Å². The summed E-state index contributed by atoms with van der Waals surface area (Å²) in [5.74, 6) is 1.78. The fraction of sp³-hybridized carbons (Fsp3) is 0.583. The number of nitrogens with zero attached hydrogens (tertiary/aromatic N) is 1. The maximum absolute atomic E-state index is 5.58. The van der Waals surface area contributed by atoms with Gasteiger partial charge in [0.25, 0.3) is 0 Å². The highest BCUT2D eigenvalue weighted by Gasteiger charge is 2.11. The van der Waals surface area contributed by atoms with Gasteiger partial charge in [0.15, 0.2) is 0 Å². The quantitative estimate of drug-likeness (QED) is 0.719. The highest BCUT2D eigenvalue weighted by atomic mass is 15.0. The SMILES string of the molecule is Nc1ccc(NCCC2CCNCC2)nc1. The summed E-state index contributed by atoms with van der Waals surface area (Å²) >= 11 is 0. The molecule has 0 aliphatic carbocycles. The van der Waals surface area contributed by atoms with Crippen LogP contribution in [0.2, 0.25) is 0 Å². The topological polar surface area (TPSA) is 63.0 Å². The highest BCUT2D eigenvalue weighted by Crippen LogP contribution is 2.16. The molecule has 0 saturated carbocycles. The molecule has 0 amide bonds. The van der Waals surface area contributed by atoms with Crippen molar-refractivity contribution in [3.8, 4) is 0 Å². The summed E-state index contributed by atoms with van der Waals surface area (Å²) in [6, 6.07) is 3.80. The molecule has 0 unspecified atom stereocenters. The summed E-state index contributed by atoms with van der Waals surface area (Å²) in [6.45, 7) is 3.34. The fourth-order valence-electron chi connectivity index (χ4n) is 2.08. The second-order valence-corrected chi connectivity index (χ2v) is 4.39. The number of pyridine rings is 1. The molecule has 2 rings (SSSR count). The second-order valence-electron chi connectivity index (χ2n) is 4.39. The zero-order valence-electron chi connectivity index (χ0n) is 9.58. The lowest BCUT2D eigenvalue weighted by Gasteiger charge is -2.22. The number of hydrogen-bond acceptors (Lipinski definition) is 4. The molecule has 0 radical (unpaired) electrons. The monoisotopic (exact) mass is 220 g/mol. The van der Waals surface area contributed by atoms with Gasteiger partial charge in [0, 0.05) is 6.54 Å². The van der Waals surface area contributed by atoms with E-state index in [-0.39, 0.29) is 0 Å². The normalized spacial score (nSPS) is 17.2. The third-order valence-electron chi connectivity index (χ3n) is 3.10. The number of nitrogens with two attached hydrogens (primary N) is 1. The molecule has 4 N–H and O–H groups in total. The third-order valence-corrected chi connectivity index (χ3v) is 3.10. The van der Waals surface area contributed by atoms with E-state index in [1.807, 2.05) is 12.1 Å². The van der Waals surface area contributed by atoms with Crippen molar-refractivity contribution in [2.75, 3.05) is 30.7 Å². The van der Waals surface area contributed by atoms with E-state index in [1.165, 1.54) is 32.4 Å². The van der Waals surface area contributed by atoms with Gasteiger partial charge in [0.1, 0.15) is 5.82 Å². The fourth-order valence-corrected chi connectivity index (χ4v) is 2.08. The van der Waals surface area contributed by atoms with Gasteiger partial charge in [-0.2, -0.15) is 0 Å². The van der Waals surface area contributed by atoms with E-state index < -0.39 is 0 Å². The molecule has 4 heteroatoms. The Hall–Kier alpha value is -1.29. The van der Waals surface area contributed by atoms with E-state index in [0.29, 0.717) is 5.69 Å². The van der Waals surface area contributed by atoms with Crippen molar-refractivity contribution in [1.29, 1.82) is 0 Å². The lowest BCUT2D eigenvalue weighted by Crippen LogP contribution is -2.28. The predicted molar refractivity (Wildman–Crippen MR) is 67.3 cm³/mol. The van der Waals surface area contributed by atoms with E-state index in [0.717, 1.165) is 18.3 Å². The van der Waals surface area contributed by atoms with Crippen molar-refractivity contribution >= 4 is 11.5 Å². The van der Waals surface area contributed by atoms with Crippen molar-refractivity contribution in [1.82, 2.24) is 10.3 Å². The molecule has 0 spiro atoms. The standard InChI is InChI=1S/C12H20N4/c13-11-1-2-12(16-9-11)15-8-5-10-3-6-14-7-4-10/h1-2,9-10,14H,3-8,13H2,(H,15,16). The van der Waals surface area contributed by atoms with Crippen LogP contribution in [0.3, 0.4) is 0 Å². The molecule has 1 aromatic heterocycles. The van der Waals surface area contributed by atoms with Crippen LogP contribution in [0.1, 0.15) is 19.3 Å². The molecule has 88 valence electrons. The number of anilines is 2. The predicted octanol–water partition coefficient (Wildman–Crippen LogP) is 1.47. The lowest BCUT2D eigenvalue weighted by molar-refractivity contribution is 0.361. The van der Waals surface area contributed by atoms with Crippen molar-refractivity contribution in [3.05, 3.63) is 18.3 Å². The van der Waals surface area contributed by atoms with Crippen LogP contribution < -0.4 is 16.4 Å². The first-order valence-electron chi connectivity index (χ1n) is 6.01. The van der Waals surface area contributed by atoms with Crippen LogP contribution in [-0.2, 0) is 0 Å². The number of rotatable bonds is 4. The Morgan fingerprint density at radius 2 is 2.19 bits per heavy atom. The lowest BCUT2D eigenvalue weighted by atomic mass is 9.95. The molecule has 1 aliphatic heterocycles. The maximum Gasteiger partial charge on any atom is 0.126 e. The summed E-state index contributed by atoms with van der Waals surface area (Å²) in [5.41, 5.74) is 6.29. The molecule has 1 saturated heterocycles. The first-order valence-corrected chi connectivity index (χ1v) is 6.01. The molecule has 1 aliphatic rings. The van der Waals surface area contributed by atoms with Crippen LogP contribution in [-0.4, -0.2) is 24.6 Å². The molecular formula is C12H20N4. The molecule has 0 aromatic carbocycles. The van der Waals surface area contributed by atoms with Crippen molar-refractivity contribution in [3.63, 3.8) is 0 Å². The first kappa shape index (κ1) is 11.2. The van der Waals surface area contributed by atoms with E-state index >= 15 is 0 Å². The number of hydrogen-bond donors (Lipinski definition) is 3. The largest absolute Gasteiger partial charge is 0.397 e. The number of piperidine rings is 1. The number of nitrogens with one attached hydrogen (secondary N) is 2. The minimum Gasteiger partial charge on any atom is -0.397 e. The smallest absolute Gasteiger partial charge is 0.126 e. The van der Waals surface area contributed by atoms with Gasteiger partial charge in [-0.05, 0) is 50.4 Å². The van der Waals surface area contributed by atoms with E-state index in [2.05, 4.69) is 15.6 Å². The molecule has 16 heavy (non-hydrogen) atoms. The van der Waals surface area contributed by atoms with E-state index in [4.69, 9.17) is 5.73 Å². The number of aromatic nitrogens is 1. The summed E-state index contributed by atoms with van der Waals surface area (Å²) in [5, 5.41) is 6.71. The highest BCUT2D eigenvalue weighted by molar-refractivity contribution is 5.43. The van der Waals surface area contributed by atoms with Crippen molar-refractivity contribution in [2.24, 2.45) is 5.92 Å². The van der Waals surface area contributed by atoms with Crippen molar-refractivity contribution < 1.29 is 0 Å². The summed E-state index contributed by atoms with van der Waals surface area (Å²) in [6.07, 6.45) is 5.52. The molecule has 2 heterocycles. The van der Waals surface area contributed by atoms with Crippen LogP contribution in [0.5, 0.6) is 0 Å². The maximum atomic E-state index is 5.58. The molecule has 0 bridgehead atoms. The van der Waals surface area contributed by atoms with Gasteiger partial charge in [-0.15, -0.1) is 0 Å². The zero-order valence-corrected chi connectivity index (χ0v) is 9.58. The Morgan fingerprint density at radius 1 is 1.38 bits per heavy atom. The van der Waals surface area contributed by atoms with Gasteiger partial charge in [-0.25, -0.2) is 4.98 Å². The van der Waals surface area contributed by atoms with Gasteiger partial charge in [0.05, 0.1) is 11.9 Å². The van der Waals surface area contributed by atoms with Crippen molar-refractivity contribution in [2.45, 2.75) is 19.3 Å². The van der Waals surface area contributed by atoms with Crippen LogP contribution in [0.4, 0.5) is 11.5 Å². The van der Waals surface area contributed by atoms with E-state index in [1.54, 1.807) is 6.20 Å². The van der Waals surface area contributed by atoms with Gasteiger partial charge in [-0.3, -0.25) is 0 Å². The Bertz CT molecular complexity index is 303. The molecule has 1 aromatic rings. The summed E-state index contributed by atoms with van der Waals surface area (Å²) < 4.78 is 0. The van der Waals surface area contributed by atoms with Gasteiger partial charge in [-0.1, -0.05) is 0 Å². The molecule has 0 atom stereocenters.